The van der Waals surface area contributed by atoms with Crippen LogP contribution in [0.5, 0.6) is 0 Å². The first-order valence-electron chi connectivity index (χ1n) is 6.41. The Balaban J connectivity index is 2.21. The fourth-order valence-electron chi connectivity index (χ4n) is 2.40. The molecule has 1 atom stereocenters. The largest absolute Gasteiger partial charge is 0.478 e. The second kappa shape index (κ2) is 5.36. The van der Waals surface area contributed by atoms with Crippen LogP contribution in [-0.2, 0) is 4.74 Å². The van der Waals surface area contributed by atoms with Gasteiger partial charge >= 0.3 is 5.97 Å². The molecule has 1 aromatic carbocycles. The van der Waals surface area contributed by atoms with Crippen molar-refractivity contribution in [2.24, 2.45) is 0 Å². The van der Waals surface area contributed by atoms with Crippen LogP contribution in [0.3, 0.4) is 0 Å². The maximum absolute atomic E-state index is 13.7. The lowest BCUT2D eigenvalue weighted by molar-refractivity contribution is -0.0553. The molecule has 0 spiro atoms. The molecule has 4 nitrogen and oxygen atoms in total. The summed E-state index contributed by atoms with van der Waals surface area (Å²) in [6.45, 7) is 4.41. The molecule has 0 aromatic heterocycles. The van der Waals surface area contributed by atoms with E-state index in [-0.39, 0.29) is 17.3 Å². The lowest BCUT2D eigenvalue weighted by atomic mass is 9.93. The second-order valence-corrected chi connectivity index (χ2v) is 5.56. The normalized spacial score (nSPS) is 21.5. The summed E-state index contributed by atoms with van der Waals surface area (Å²) < 4.78 is 32.6. The minimum Gasteiger partial charge on any atom is -0.478 e. The van der Waals surface area contributed by atoms with Crippen molar-refractivity contribution in [2.75, 3.05) is 11.9 Å². The van der Waals surface area contributed by atoms with E-state index in [1.807, 2.05) is 13.8 Å². The van der Waals surface area contributed by atoms with Crippen molar-refractivity contribution in [3.05, 3.63) is 29.3 Å². The zero-order valence-electron chi connectivity index (χ0n) is 11.4. The van der Waals surface area contributed by atoms with Crippen molar-refractivity contribution in [1.29, 1.82) is 0 Å². The molecule has 0 saturated carbocycles. The molecule has 1 heterocycles. The molecule has 2 N–H and O–H groups in total. The molecule has 2 rings (SSSR count). The quantitative estimate of drug-likeness (QED) is 0.896. The number of anilines is 1. The van der Waals surface area contributed by atoms with Crippen molar-refractivity contribution in [2.45, 2.75) is 38.3 Å². The van der Waals surface area contributed by atoms with Gasteiger partial charge in [-0.25, -0.2) is 13.6 Å². The summed E-state index contributed by atoms with van der Waals surface area (Å²) in [5.74, 6) is -3.29. The summed E-state index contributed by atoms with van der Waals surface area (Å²) in [7, 11) is 0. The predicted octanol–water partition coefficient (Wildman–Crippen LogP) is 3.03. The first-order valence-corrected chi connectivity index (χ1v) is 6.41. The summed E-state index contributed by atoms with van der Waals surface area (Å²) >= 11 is 0. The van der Waals surface area contributed by atoms with Crippen LogP contribution in [0.15, 0.2) is 12.1 Å². The molecule has 1 fully saturated rings. The Hall–Kier alpha value is -1.69. The van der Waals surface area contributed by atoms with Gasteiger partial charge < -0.3 is 15.2 Å². The summed E-state index contributed by atoms with van der Waals surface area (Å²) in [5.41, 5.74) is -0.853. The standard InChI is InChI=1S/C14H17F2NO3/c1-14(2)7-8(3-4-20-14)17-12-5-9(13(18)19)10(15)6-11(12)16/h5-6,8,17H,3-4,7H2,1-2H3,(H,18,19). The number of carboxylic acid groups (broad SMARTS) is 1. The van der Waals surface area contributed by atoms with E-state index in [9.17, 15) is 13.6 Å². The highest BCUT2D eigenvalue weighted by Crippen LogP contribution is 2.28. The Kier molecular flexibility index (Phi) is 3.94. The predicted molar refractivity (Wildman–Crippen MR) is 70.0 cm³/mol. The Morgan fingerprint density at radius 3 is 2.70 bits per heavy atom. The molecular formula is C14H17F2NO3. The molecule has 1 aromatic rings. The zero-order chi connectivity index (χ0) is 14.9. The van der Waals surface area contributed by atoms with Crippen molar-refractivity contribution in [3.8, 4) is 0 Å². The van der Waals surface area contributed by atoms with Gasteiger partial charge in [0, 0.05) is 18.7 Å². The van der Waals surface area contributed by atoms with E-state index in [0.717, 1.165) is 6.07 Å². The lowest BCUT2D eigenvalue weighted by Crippen LogP contribution is -2.40. The Labute approximate surface area is 115 Å². The lowest BCUT2D eigenvalue weighted by Gasteiger charge is -2.36. The van der Waals surface area contributed by atoms with Gasteiger partial charge in [-0.1, -0.05) is 0 Å². The number of carbonyl (C=O) groups is 1. The molecule has 1 unspecified atom stereocenters. The smallest absolute Gasteiger partial charge is 0.338 e. The molecule has 0 amide bonds. The third kappa shape index (κ3) is 3.25. The van der Waals surface area contributed by atoms with Gasteiger partial charge in [-0.05, 0) is 32.8 Å². The van der Waals surface area contributed by atoms with Crippen molar-refractivity contribution < 1.29 is 23.4 Å². The van der Waals surface area contributed by atoms with Crippen LogP contribution in [0.1, 0.15) is 37.0 Å². The first kappa shape index (κ1) is 14.7. The van der Waals surface area contributed by atoms with E-state index in [1.54, 1.807) is 0 Å². The van der Waals surface area contributed by atoms with E-state index in [0.29, 0.717) is 25.5 Å². The summed E-state index contributed by atoms with van der Waals surface area (Å²) in [6, 6.07) is 1.55. The zero-order valence-corrected chi connectivity index (χ0v) is 11.4. The SMILES string of the molecule is CC1(C)CC(Nc2cc(C(=O)O)c(F)cc2F)CCO1. The highest BCUT2D eigenvalue weighted by atomic mass is 19.1. The number of halogens is 2. The number of rotatable bonds is 3. The molecule has 0 bridgehead atoms. The molecule has 0 radical (unpaired) electrons. The molecule has 110 valence electrons. The molecule has 20 heavy (non-hydrogen) atoms. The minimum atomic E-state index is -1.42. The van der Waals surface area contributed by atoms with E-state index in [2.05, 4.69) is 5.32 Å². The number of hydrogen-bond acceptors (Lipinski definition) is 3. The molecule has 6 heteroatoms. The molecule has 1 saturated heterocycles. The highest BCUT2D eigenvalue weighted by Gasteiger charge is 2.29. The molecule has 1 aliphatic rings. The van der Waals surface area contributed by atoms with Gasteiger partial charge in [0.1, 0.15) is 11.6 Å². The van der Waals surface area contributed by atoms with E-state index in [4.69, 9.17) is 9.84 Å². The maximum atomic E-state index is 13.7. The third-order valence-electron chi connectivity index (χ3n) is 3.34. The number of carboxylic acids is 1. The summed E-state index contributed by atoms with van der Waals surface area (Å²) in [4.78, 5) is 10.9. The van der Waals surface area contributed by atoms with Crippen LogP contribution in [0.25, 0.3) is 0 Å². The highest BCUT2D eigenvalue weighted by molar-refractivity contribution is 5.89. The van der Waals surface area contributed by atoms with Gasteiger partial charge in [0.25, 0.3) is 0 Å². The minimum absolute atomic E-state index is 0.00602. The number of benzene rings is 1. The maximum Gasteiger partial charge on any atom is 0.338 e. The monoisotopic (exact) mass is 285 g/mol. The fraction of sp³-hybridized carbons (Fsp3) is 0.500. The molecule has 0 aliphatic carbocycles. The third-order valence-corrected chi connectivity index (χ3v) is 3.34. The Morgan fingerprint density at radius 1 is 1.40 bits per heavy atom. The average molecular weight is 285 g/mol. The topological polar surface area (TPSA) is 58.6 Å². The van der Waals surface area contributed by atoms with Crippen molar-refractivity contribution in [1.82, 2.24) is 0 Å². The van der Waals surface area contributed by atoms with Gasteiger partial charge in [0.15, 0.2) is 0 Å². The van der Waals surface area contributed by atoms with Crippen LogP contribution < -0.4 is 5.32 Å². The Bertz CT molecular complexity index is 531. The number of aromatic carboxylic acids is 1. The fourth-order valence-corrected chi connectivity index (χ4v) is 2.40. The van der Waals surface area contributed by atoms with Crippen molar-refractivity contribution >= 4 is 11.7 Å². The van der Waals surface area contributed by atoms with Crippen LogP contribution in [0, 0.1) is 11.6 Å². The van der Waals surface area contributed by atoms with Crippen LogP contribution in [0.4, 0.5) is 14.5 Å². The van der Waals surface area contributed by atoms with E-state index >= 15 is 0 Å². The van der Waals surface area contributed by atoms with Gasteiger partial charge in [-0.2, -0.15) is 0 Å². The molecule has 1 aliphatic heterocycles. The second-order valence-electron chi connectivity index (χ2n) is 5.56. The van der Waals surface area contributed by atoms with Crippen molar-refractivity contribution in [3.63, 3.8) is 0 Å². The van der Waals surface area contributed by atoms with Crippen LogP contribution in [0.2, 0.25) is 0 Å². The van der Waals surface area contributed by atoms with Crippen LogP contribution >= 0.6 is 0 Å². The summed E-state index contributed by atoms with van der Waals surface area (Å²) in [6.07, 6.45) is 1.34. The number of nitrogens with one attached hydrogen (secondary N) is 1. The average Bonchev–Trinajstić information content (AvgIpc) is 2.31. The summed E-state index contributed by atoms with van der Waals surface area (Å²) in [5, 5.41) is 11.8. The first-order chi connectivity index (χ1) is 9.28. The number of hydrogen-bond donors (Lipinski definition) is 2. The number of ether oxygens (including phenoxy) is 1. The van der Waals surface area contributed by atoms with Gasteiger partial charge in [0.05, 0.1) is 16.9 Å². The molecular weight excluding hydrogens is 268 g/mol. The Morgan fingerprint density at radius 2 is 2.10 bits per heavy atom. The van der Waals surface area contributed by atoms with E-state index in [1.165, 1.54) is 0 Å². The van der Waals surface area contributed by atoms with E-state index < -0.39 is 23.2 Å². The van der Waals surface area contributed by atoms with Gasteiger partial charge in [0.2, 0.25) is 0 Å². The van der Waals surface area contributed by atoms with Crippen LogP contribution in [-0.4, -0.2) is 29.3 Å². The van der Waals surface area contributed by atoms with Gasteiger partial charge in [-0.15, -0.1) is 0 Å². The van der Waals surface area contributed by atoms with Gasteiger partial charge in [-0.3, -0.25) is 0 Å².